The molecule has 556 valence electrons. The minimum Gasteiger partial charge on any atom is -0.380 e. The lowest BCUT2D eigenvalue weighted by atomic mass is 9.91. The number of hydrogen-bond acceptors (Lipinski definition) is 28. The highest BCUT2D eigenvalue weighted by atomic mass is 16.7. The van der Waals surface area contributed by atoms with Crippen LogP contribution in [0.15, 0.2) is 0 Å². The third-order valence-electron chi connectivity index (χ3n) is 15.3. The molecule has 0 radical (unpaired) electrons. The molecule has 0 spiro atoms. The molecule has 36 heteroatoms. The Balaban J connectivity index is 1.39. The van der Waals surface area contributed by atoms with Crippen LogP contribution in [0.3, 0.4) is 0 Å². The van der Waals surface area contributed by atoms with E-state index in [0.29, 0.717) is 33.1 Å². The predicted molar refractivity (Wildman–Crippen MR) is 333 cm³/mol. The van der Waals surface area contributed by atoms with Crippen molar-refractivity contribution < 1.29 is 134 Å². The standard InChI is InChI=1S/C63H96N8O28/c1-9-62(8,37-67-46(75)13-25-58(87)99-71-53(82)20-21-54(71)83)93-35-34-91-41-63(40-90-33-32-88-30-27-64-43(72)10-22-55(84)96-68-47(76)14-15-48(68)77,39-89-29-26-59(2,3)92-31-28-65-44(73)11-23-56(85)97-69-49(78)16-17-50(69)79)42-95-61(6,7)38-94-60(4,5)36-66-45(74)12-24-57(86)98-70-51(80)18-19-52(70)81/h9-42H2,1-8H3,(H,64,72)(H,65,73)(H,66,74)(H,67,75). The Labute approximate surface area is 572 Å². The van der Waals surface area contributed by atoms with Crippen LogP contribution in [-0.4, -0.2) is 243 Å². The summed E-state index contributed by atoms with van der Waals surface area (Å²) >= 11 is 0. The van der Waals surface area contributed by atoms with Crippen molar-refractivity contribution in [3.8, 4) is 0 Å². The Kier molecular flexibility index (Phi) is 34.5. The molecule has 4 heterocycles. The Hall–Kier alpha value is -8.00. The fourth-order valence-corrected chi connectivity index (χ4v) is 8.98. The molecule has 4 rings (SSSR count). The number of ether oxygens (including phenoxy) is 8. The van der Waals surface area contributed by atoms with Gasteiger partial charge in [-0.25, -0.2) is 19.2 Å². The summed E-state index contributed by atoms with van der Waals surface area (Å²) in [5.74, 6) is -10.9. The average Bonchev–Trinajstić information content (AvgIpc) is 1.34. The first-order valence-electron chi connectivity index (χ1n) is 32.8. The number of nitrogens with zero attached hydrogens (tertiary/aromatic N) is 4. The molecule has 0 aromatic carbocycles. The van der Waals surface area contributed by atoms with E-state index in [9.17, 15) is 76.7 Å². The second kappa shape index (κ2) is 40.9. The van der Waals surface area contributed by atoms with E-state index in [1.165, 1.54) is 0 Å². The van der Waals surface area contributed by atoms with Gasteiger partial charge in [0.05, 0.1) is 126 Å². The summed E-state index contributed by atoms with van der Waals surface area (Å²) in [5, 5.41) is 12.3. The zero-order chi connectivity index (χ0) is 73.4. The number of carbonyl (C=O) groups excluding carboxylic acids is 16. The van der Waals surface area contributed by atoms with Gasteiger partial charge in [-0.05, 0) is 61.3 Å². The fourth-order valence-electron chi connectivity index (χ4n) is 8.98. The van der Waals surface area contributed by atoms with E-state index < -0.39 is 142 Å². The molecule has 0 saturated carbocycles. The van der Waals surface area contributed by atoms with Crippen LogP contribution < -0.4 is 21.3 Å². The van der Waals surface area contributed by atoms with Crippen molar-refractivity contribution in [2.24, 2.45) is 5.41 Å². The van der Waals surface area contributed by atoms with Gasteiger partial charge in [-0.2, -0.15) is 0 Å². The molecule has 99 heavy (non-hydrogen) atoms. The van der Waals surface area contributed by atoms with Gasteiger partial charge in [-0.1, -0.05) is 6.92 Å². The van der Waals surface area contributed by atoms with Crippen molar-refractivity contribution in [1.82, 2.24) is 41.5 Å². The molecule has 4 N–H and O–H groups in total. The molecule has 36 nitrogen and oxygen atoms in total. The zero-order valence-electron chi connectivity index (χ0n) is 57.8. The maximum atomic E-state index is 12.8. The largest absolute Gasteiger partial charge is 0.380 e. The summed E-state index contributed by atoms with van der Waals surface area (Å²) in [6.45, 7) is 14.4. The quantitative estimate of drug-likeness (QED) is 0.0460. The van der Waals surface area contributed by atoms with Crippen LogP contribution in [0.4, 0.5) is 0 Å². The van der Waals surface area contributed by atoms with Crippen LogP contribution in [0.2, 0.25) is 0 Å². The molecular formula is C63H96N8O28. The predicted octanol–water partition coefficient (Wildman–Crippen LogP) is 0.0146. The number of hydroxylamine groups is 8. The van der Waals surface area contributed by atoms with Crippen molar-refractivity contribution in [2.45, 2.75) is 193 Å². The van der Waals surface area contributed by atoms with E-state index in [4.69, 9.17) is 57.2 Å². The maximum Gasteiger partial charge on any atom is 0.333 e. The van der Waals surface area contributed by atoms with Crippen LogP contribution in [-0.2, 0) is 134 Å². The Morgan fingerprint density at radius 3 is 1.06 bits per heavy atom. The van der Waals surface area contributed by atoms with Crippen molar-refractivity contribution in [3.05, 3.63) is 0 Å². The number of amides is 12. The summed E-state index contributed by atoms with van der Waals surface area (Å²) in [7, 11) is 0. The molecule has 12 amide bonds. The van der Waals surface area contributed by atoms with Gasteiger partial charge in [0.15, 0.2) is 0 Å². The van der Waals surface area contributed by atoms with Gasteiger partial charge in [-0.15, -0.1) is 20.3 Å². The van der Waals surface area contributed by atoms with E-state index in [1.54, 1.807) is 34.6 Å². The summed E-state index contributed by atoms with van der Waals surface area (Å²) < 4.78 is 50.0. The summed E-state index contributed by atoms with van der Waals surface area (Å²) in [4.78, 5) is 214. The van der Waals surface area contributed by atoms with Crippen LogP contribution in [0.25, 0.3) is 0 Å². The second-order valence-electron chi connectivity index (χ2n) is 25.8. The van der Waals surface area contributed by atoms with E-state index in [1.807, 2.05) is 20.8 Å². The summed E-state index contributed by atoms with van der Waals surface area (Å²) in [6, 6.07) is 0. The van der Waals surface area contributed by atoms with E-state index in [2.05, 4.69) is 21.3 Å². The molecule has 0 aliphatic carbocycles. The molecular weight excluding hydrogens is 1320 g/mol. The zero-order valence-corrected chi connectivity index (χ0v) is 57.8. The third kappa shape index (κ3) is 31.8. The fraction of sp³-hybridized carbons (Fsp3) is 0.746. The molecule has 4 aliphatic heterocycles. The lowest BCUT2D eigenvalue weighted by Crippen LogP contribution is -2.47. The molecule has 4 aliphatic rings. The van der Waals surface area contributed by atoms with Crippen molar-refractivity contribution in [2.75, 3.05) is 105 Å². The molecule has 4 saturated heterocycles. The monoisotopic (exact) mass is 1410 g/mol. The van der Waals surface area contributed by atoms with Crippen LogP contribution >= 0.6 is 0 Å². The first-order valence-corrected chi connectivity index (χ1v) is 32.8. The summed E-state index contributed by atoms with van der Waals surface area (Å²) in [5.41, 5.74) is -4.88. The maximum absolute atomic E-state index is 12.8. The van der Waals surface area contributed by atoms with Crippen LogP contribution in [0.1, 0.15) is 171 Å². The van der Waals surface area contributed by atoms with Gasteiger partial charge in [0.25, 0.3) is 47.3 Å². The van der Waals surface area contributed by atoms with Crippen molar-refractivity contribution in [1.29, 1.82) is 0 Å². The van der Waals surface area contributed by atoms with Gasteiger partial charge in [0.1, 0.15) is 0 Å². The number of nitrogens with one attached hydrogen (secondary N) is 4. The highest BCUT2D eigenvalue weighted by Crippen LogP contribution is 2.27. The van der Waals surface area contributed by atoms with E-state index >= 15 is 0 Å². The molecule has 4 fully saturated rings. The Morgan fingerprint density at radius 2 is 0.667 bits per heavy atom. The van der Waals surface area contributed by atoms with Gasteiger partial charge >= 0.3 is 23.9 Å². The number of carbonyl (C=O) groups is 16. The minimum atomic E-state index is -1.11. The smallest absolute Gasteiger partial charge is 0.333 e. The minimum absolute atomic E-state index is 0.00603. The SMILES string of the molecule is CCC(C)(CNC(=O)CCC(=O)ON1C(=O)CCC1=O)OCCOCC(COCCOCCNC(=O)CCC(=O)ON1C(=O)CCC1=O)(COCCC(C)(C)OCCNC(=O)CCC(=O)ON1C(=O)CCC1=O)COC(C)(C)COC(C)(C)CNC(=O)CCC(=O)ON1C(=O)CCC1=O. The lowest BCUT2D eigenvalue weighted by Gasteiger charge is -2.38. The van der Waals surface area contributed by atoms with E-state index in [-0.39, 0.29) is 189 Å². The Morgan fingerprint density at radius 1 is 0.333 bits per heavy atom. The Bertz CT molecular complexity index is 2820. The average molecular weight is 1410 g/mol. The van der Waals surface area contributed by atoms with Gasteiger partial charge in [0.2, 0.25) is 23.6 Å². The molecule has 0 aromatic rings. The molecule has 2 atom stereocenters. The highest BCUT2D eigenvalue weighted by molar-refractivity contribution is 6.03. The van der Waals surface area contributed by atoms with Crippen LogP contribution in [0, 0.1) is 5.41 Å². The highest BCUT2D eigenvalue weighted by Gasteiger charge is 2.39. The molecule has 2 unspecified atom stereocenters. The van der Waals surface area contributed by atoms with Gasteiger partial charge in [-0.3, -0.25) is 57.5 Å². The second-order valence-corrected chi connectivity index (χ2v) is 25.8. The molecule has 0 aromatic heterocycles. The first-order chi connectivity index (χ1) is 46.6. The van der Waals surface area contributed by atoms with Gasteiger partial charge < -0.3 is 78.5 Å². The normalized spacial score (nSPS) is 16.5. The topological polar surface area (TPSA) is 445 Å². The molecule has 0 bridgehead atoms. The lowest BCUT2D eigenvalue weighted by molar-refractivity contribution is -0.197. The number of imide groups is 4. The van der Waals surface area contributed by atoms with Gasteiger partial charge in [0, 0.05) is 110 Å². The summed E-state index contributed by atoms with van der Waals surface area (Å²) in [6.07, 6.45) is -2.61. The number of rotatable bonds is 50. The van der Waals surface area contributed by atoms with E-state index in [0.717, 1.165) is 0 Å². The third-order valence-corrected chi connectivity index (χ3v) is 15.3. The number of hydrogen-bond donors (Lipinski definition) is 4. The van der Waals surface area contributed by atoms with Crippen LogP contribution in [0.5, 0.6) is 0 Å². The first kappa shape index (κ1) is 83.4. The van der Waals surface area contributed by atoms with Crippen molar-refractivity contribution in [3.63, 3.8) is 0 Å². The van der Waals surface area contributed by atoms with Crippen molar-refractivity contribution >= 4 is 94.8 Å².